The minimum absolute atomic E-state index is 0.0294. The van der Waals surface area contributed by atoms with Gasteiger partial charge in [0.2, 0.25) is 5.95 Å². The van der Waals surface area contributed by atoms with Crippen molar-refractivity contribution in [3.05, 3.63) is 12.1 Å². The van der Waals surface area contributed by atoms with E-state index in [-0.39, 0.29) is 11.8 Å². The molecule has 1 unspecified atom stereocenters. The summed E-state index contributed by atoms with van der Waals surface area (Å²) in [5.74, 6) is 1.65. The van der Waals surface area contributed by atoms with Crippen molar-refractivity contribution in [3.8, 4) is 11.5 Å². The summed E-state index contributed by atoms with van der Waals surface area (Å²) in [6.45, 7) is 2.78. The number of carbonyl (C=O) groups is 1. The third kappa shape index (κ3) is 3.56. The summed E-state index contributed by atoms with van der Waals surface area (Å²) < 4.78 is 5.25. The van der Waals surface area contributed by atoms with E-state index in [1.807, 2.05) is 0 Å². The van der Waals surface area contributed by atoms with E-state index in [2.05, 4.69) is 15.2 Å². The zero-order valence-corrected chi connectivity index (χ0v) is 15.9. The van der Waals surface area contributed by atoms with Gasteiger partial charge in [-0.1, -0.05) is 0 Å². The third-order valence-electron chi connectivity index (χ3n) is 5.41. The molecule has 0 spiro atoms. The van der Waals surface area contributed by atoms with E-state index >= 15 is 0 Å². The van der Waals surface area contributed by atoms with Crippen molar-refractivity contribution >= 4 is 28.8 Å². The number of piperidine rings is 1. The molecule has 1 amide bonds. The van der Waals surface area contributed by atoms with Gasteiger partial charge in [0.25, 0.3) is 0 Å². The Bertz CT molecular complexity index is 884. The third-order valence-corrected chi connectivity index (χ3v) is 5.41. The fourth-order valence-corrected chi connectivity index (χ4v) is 3.93. The lowest BCUT2D eigenvalue weighted by Crippen LogP contribution is -2.44. The van der Waals surface area contributed by atoms with Gasteiger partial charge in [0, 0.05) is 43.7 Å². The Kier molecular flexibility index (Phi) is 4.97. The molecule has 4 rings (SSSR count). The summed E-state index contributed by atoms with van der Waals surface area (Å²) in [4.78, 5) is 24.3. The molecule has 3 heterocycles. The lowest BCUT2D eigenvalue weighted by atomic mass is 10.1. The average molecular weight is 387 g/mol. The van der Waals surface area contributed by atoms with Crippen molar-refractivity contribution in [2.45, 2.75) is 31.7 Å². The number of nitrogens with one attached hydrogen (secondary N) is 1. The molecule has 2 fully saturated rings. The molecule has 9 nitrogen and oxygen atoms in total. The number of aromatic nitrogens is 2. The van der Waals surface area contributed by atoms with Crippen LogP contribution in [-0.2, 0) is 0 Å². The van der Waals surface area contributed by atoms with Crippen LogP contribution in [0, 0.1) is 0 Å². The molecule has 2 aliphatic heterocycles. The predicted octanol–water partition coefficient (Wildman–Crippen LogP) is 2.50. The number of phenols is 1. The van der Waals surface area contributed by atoms with Crippen LogP contribution in [0.3, 0.4) is 0 Å². The largest absolute Gasteiger partial charge is 0.504 e. The number of anilines is 2. The number of benzene rings is 1. The zero-order valence-electron chi connectivity index (χ0n) is 15.9. The van der Waals surface area contributed by atoms with Gasteiger partial charge in [-0.15, -0.1) is 0 Å². The first-order valence-electron chi connectivity index (χ1n) is 9.63. The fourth-order valence-electron chi connectivity index (χ4n) is 3.93. The lowest BCUT2D eigenvalue weighted by Gasteiger charge is -2.32. The molecule has 9 heteroatoms. The van der Waals surface area contributed by atoms with Crippen LogP contribution in [0.1, 0.15) is 25.7 Å². The molecule has 2 aliphatic rings. The van der Waals surface area contributed by atoms with Crippen LogP contribution in [0.15, 0.2) is 12.1 Å². The number of phenolic OH excluding ortho intramolecular Hbond substituents is 1. The van der Waals surface area contributed by atoms with E-state index < -0.39 is 6.09 Å². The summed E-state index contributed by atoms with van der Waals surface area (Å²) in [5, 5.41) is 23.6. The first-order chi connectivity index (χ1) is 13.5. The number of hydrogen-bond acceptors (Lipinski definition) is 7. The van der Waals surface area contributed by atoms with Crippen LogP contribution >= 0.6 is 0 Å². The minimum Gasteiger partial charge on any atom is -0.504 e. The van der Waals surface area contributed by atoms with Crippen LogP contribution in [0.4, 0.5) is 16.6 Å². The van der Waals surface area contributed by atoms with E-state index in [0.29, 0.717) is 36.1 Å². The molecule has 1 aromatic heterocycles. The van der Waals surface area contributed by atoms with Crippen LogP contribution in [0.25, 0.3) is 10.9 Å². The fraction of sp³-hybridized carbons (Fsp3) is 0.526. The second-order valence-corrected chi connectivity index (χ2v) is 7.32. The Balaban J connectivity index is 1.72. The maximum absolute atomic E-state index is 11.3. The lowest BCUT2D eigenvalue weighted by molar-refractivity contribution is 0.133. The quantitative estimate of drug-likeness (QED) is 0.734. The molecule has 3 N–H and O–H groups in total. The molecule has 0 saturated carbocycles. The second kappa shape index (κ2) is 7.57. The van der Waals surface area contributed by atoms with Gasteiger partial charge < -0.3 is 30.1 Å². The molecule has 0 bridgehead atoms. The van der Waals surface area contributed by atoms with Gasteiger partial charge in [0.05, 0.1) is 12.6 Å². The smallest absolute Gasteiger partial charge is 0.407 e. The number of likely N-dealkylation sites (tertiary alicyclic amines) is 1. The number of rotatable bonds is 4. The highest BCUT2D eigenvalue weighted by atomic mass is 16.5. The number of fused-ring (bicyclic) bond motifs is 1. The van der Waals surface area contributed by atoms with Gasteiger partial charge in [-0.2, -0.15) is 4.98 Å². The van der Waals surface area contributed by atoms with Crippen molar-refractivity contribution in [2.24, 2.45) is 0 Å². The summed E-state index contributed by atoms with van der Waals surface area (Å²) in [6.07, 6.45) is 2.98. The minimum atomic E-state index is -0.900. The monoisotopic (exact) mass is 387 g/mol. The molecule has 1 aromatic carbocycles. The number of ether oxygens (including phenoxy) is 1. The Labute approximate surface area is 162 Å². The second-order valence-electron chi connectivity index (χ2n) is 7.32. The molecule has 1 atom stereocenters. The average Bonchev–Trinajstić information content (AvgIpc) is 3.22. The highest BCUT2D eigenvalue weighted by Crippen LogP contribution is 2.35. The van der Waals surface area contributed by atoms with E-state index in [1.54, 1.807) is 12.1 Å². The number of hydrogen-bond donors (Lipinski definition) is 3. The van der Waals surface area contributed by atoms with Gasteiger partial charge in [0.1, 0.15) is 5.82 Å². The van der Waals surface area contributed by atoms with Crippen LogP contribution in [0.2, 0.25) is 0 Å². The standard InChI is InChI=1S/C19H25N5O4/c1-28-16-9-13-14(10-15(16)25)21-18(23-6-2-3-7-23)22-17(13)20-12-5-4-8-24(11-12)19(26)27/h9-10,12,25H,2-8,11H2,1H3,(H,26,27)(H,20,21,22). The van der Waals surface area contributed by atoms with Gasteiger partial charge >= 0.3 is 6.09 Å². The van der Waals surface area contributed by atoms with Crippen molar-refractivity contribution in [1.29, 1.82) is 0 Å². The van der Waals surface area contributed by atoms with Gasteiger partial charge in [0.15, 0.2) is 11.5 Å². The number of methoxy groups -OCH3 is 1. The van der Waals surface area contributed by atoms with Crippen molar-refractivity contribution in [1.82, 2.24) is 14.9 Å². The highest BCUT2D eigenvalue weighted by molar-refractivity contribution is 5.92. The van der Waals surface area contributed by atoms with E-state index in [9.17, 15) is 15.0 Å². The first kappa shape index (κ1) is 18.4. The zero-order chi connectivity index (χ0) is 19.7. The Morgan fingerprint density at radius 2 is 2.00 bits per heavy atom. The Hall–Kier alpha value is -2.97. The normalized spacial score (nSPS) is 19.8. The summed E-state index contributed by atoms with van der Waals surface area (Å²) in [5.41, 5.74) is 0.628. The molecule has 150 valence electrons. The number of nitrogens with zero attached hydrogens (tertiary/aromatic N) is 4. The molecule has 28 heavy (non-hydrogen) atoms. The van der Waals surface area contributed by atoms with E-state index in [0.717, 1.165) is 44.2 Å². The van der Waals surface area contributed by atoms with Gasteiger partial charge in [-0.25, -0.2) is 9.78 Å². The van der Waals surface area contributed by atoms with Crippen molar-refractivity contribution in [2.75, 3.05) is 43.5 Å². The summed E-state index contributed by atoms with van der Waals surface area (Å²) in [6, 6.07) is 3.28. The van der Waals surface area contributed by atoms with E-state index in [1.165, 1.54) is 12.0 Å². The molecule has 2 aromatic rings. The van der Waals surface area contributed by atoms with Crippen LogP contribution < -0.4 is 15.0 Å². The van der Waals surface area contributed by atoms with Crippen LogP contribution in [0.5, 0.6) is 11.5 Å². The highest BCUT2D eigenvalue weighted by Gasteiger charge is 2.25. The van der Waals surface area contributed by atoms with Gasteiger partial charge in [-0.3, -0.25) is 0 Å². The van der Waals surface area contributed by atoms with Gasteiger partial charge in [-0.05, 0) is 31.7 Å². The van der Waals surface area contributed by atoms with E-state index in [4.69, 9.17) is 9.72 Å². The molecule has 0 radical (unpaired) electrons. The molecule has 0 aliphatic carbocycles. The maximum atomic E-state index is 11.3. The Morgan fingerprint density at radius 1 is 1.21 bits per heavy atom. The van der Waals surface area contributed by atoms with Crippen molar-refractivity contribution < 1.29 is 19.7 Å². The molecular formula is C19H25N5O4. The summed E-state index contributed by atoms with van der Waals surface area (Å²) in [7, 11) is 1.50. The molecular weight excluding hydrogens is 362 g/mol. The Morgan fingerprint density at radius 3 is 2.71 bits per heavy atom. The number of carboxylic acid groups (broad SMARTS) is 1. The van der Waals surface area contributed by atoms with Crippen LogP contribution in [-0.4, -0.2) is 70.5 Å². The van der Waals surface area contributed by atoms with Crippen molar-refractivity contribution in [3.63, 3.8) is 0 Å². The summed E-state index contributed by atoms with van der Waals surface area (Å²) >= 11 is 0. The topological polar surface area (TPSA) is 111 Å². The number of aromatic hydroxyl groups is 1. The SMILES string of the molecule is COc1cc2c(NC3CCCN(C(=O)O)C3)nc(N3CCCC3)nc2cc1O. The predicted molar refractivity (Wildman–Crippen MR) is 105 cm³/mol. The number of amides is 1. The first-order valence-corrected chi connectivity index (χ1v) is 9.63. The molecule has 2 saturated heterocycles. The maximum Gasteiger partial charge on any atom is 0.407 e.